The third kappa shape index (κ3) is 2.57. The van der Waals surface area contributed by atoms with Crippen molar-refractivity contribution in [2.24, 2.45) is 5.92 Å². The highest BCUT2D eigenvalue weighted by molar-refractivity contribution is 5.75. The summed E-state index contributed by atoms with van der Waals surface area (Å²) in [6.07, 6.45) is 4.82. The van der Waals surface area contributed by atoms with Crippen LogP contribution in [-0.2, 0) is 14.3 Å². The van der Waals surface area contributed by atoms with Gasteiger partial charge in [-0.05, 0) is 37.0 Å². The Balaban J connectivity index is 1.63. The molecule has 0 N–H and O–H groups in total. The Bertz CT molecular complexity index is 674. The summed E-state index contributed by atoms with van der Waals surface area (Å²) in [5, 5.41) is 0. The highest BCUT2D eigenvalue weighted by atomic mass is 16.5. The summed E-state index contributed by atoms with van der Waals surface area (Å²) < 4.78 is 16.4. The molecule has 23 heavy (non-hydrogen) atoms. The molecule has 0 amide bonds. The van der Waals surface area contributed by atoms with Crippen LogP contribution in [0.15, 0.2) is 47.1 Å². The van der Waals surface area contributed by atoms with Gasteiger partial charge in [0.1, 0.15) is 5.76 Å². The van der Waals surface area contributed by atoms with Crippen LogP contribution in [0.4, 0.5) is 0 Å². The molecule has 0 unspecified atom stereocenters. The lowest BCUT2D eigenvalue weighted by Gasteiger charge is -2.35. The topological polar surface area (TPSA) is 48.7 Å². The second-order valence-electron chi connectivity index (χ2n) is 6.36. The monoisotopic (exact) mass is 312 g/mol. The highest BCUT2D eigenvalue weighted by Gasteiger charge is 2.47. The van der Waals surface area contributed by atoms with Crippen LogP contribution in [0.5, 0.6) is 0 Å². The summed E-state index contributed by atoms with van der Waals surface area (Å²) in [4.78, 5) is 12.3. The van der Waals surface area contributed by atoms with Crippen molar-refractivity contribution in [3.05, 3.63) is 48.2 Å². The van der Waals surface area contributed by atoms with Crippen LogP contribution in [0.25, 0.3) is 11.3 Å². The maximum atomic E-state index is 12.3. The zero-order valence-corrected chi connectivity index (χ0v) is 13.1. The Kier molecular flexibility index (Phi) is 3.69. The number of carbonyl (C=O) groups is 1. The molecular formula is C19H20O4. The van der Waals surface area contributed by atoms with Crippen molar-refractivity contribution in [3.8, 4) is 11.3 Å². The third-order valence-corrected chi connectivity index (χ3v) is 5.11. The van der Waals surface area contributed by atoms with Crippen LogP contribution >= 0.6 is 0 Å². The van der Waals surface area contributed by atoms with E-state index >= 15 is 0 Å². The molecule has 4 heteroatoms. The zero-order valence-electron chi connectivity index (χ0n) is 13.1. The van der Waals surface area contributed by atoms with Gasteiger partial charge in [0.25, 0.3) is 0 Å². The van der Waals surface area contributed by atoms with Gasteiger partial charge in [-0.3, -0.25) is 4.79 Å². The quantitative estimate of drug-likeness (QED) is 0.810. The van der Waals surface area contributed by atoms with E-state index in [9.17, 15) is 4.79 Å². The normalized spacial score (nSPS) is 29.4. The first-order valence-electron chi connectivity index (χ1n) is 8.13. The minimum atomic E-state index is -0.201. The zero-order chi connectivity index (χ0) is 15.8. The molecule has 2 fully saturated rings. The minimum absolute atomic E-state index is 0.00375. The standard InChI is InChI=1S/C19H20O4/c1-21-19(20)18-15(11-14-8-9-17(18)23-14)12-4-6-13(7-5-12)16-3-2-10-22-16/h2-7,10,14-15,17-18H,8-9,11H2,1H3/t14-,15-,17+,18-/m0/s1. The van der Waals surface area contributed by atoms with Crippen LogP contribution in [0.1, 0.15) is 30.7 Å². The van der Waals surface area contributed by atoms with E-state index < -0.39 is 0 Å². The number of esters is 1. The van der Waals surface area contributed by atoms with Gasteiger partial charge < -0.3 is 13.9 Å². The molecule has 4 atom stereocenters. The number of furan rings is 1. The summed E-state index contributed by atoms with van der Waals surface area (Å²) in [7, 11) is 1.46. The lowest BCUT2D eigenvalue weighted by molar-refractivity contribution is -0.156. The Morgan fingerprint density at radius 2 is 2.00 bits per heavy atom. The summed E-state index contributed by atoms with van der Waals surface area (Å²) in [5.41, 5.74) is 2.22. The van der Waals surface area contributed by atoms with Crippen LogP contribution in [0.3, 0.4) is 0 Å². The lowest BCUT2D eigenvalue weighted by Crippen LogP contribution is -2.39. The van der Waals surface area contributed by atoms with Gasteiger partial charge in [0.2, 0.25) is 0 Å². The SMILES string of the molecule is COC(=O)[C@@H]1[C@H]2CC[C@@H](C[C@H]1c1ccc(-c3ccco3)cc1)O2. The van der Waals surface area contributed by atoms with E-state index in [1.54, 1.807) is 6.26 Å². The maximum Gasteiger partial charge on any atom is 0.311 e. The fraction of sp³-hybridized carbons (Fsp3) is 0.421. The molecule has 120 valence electrons. The van der Waals surface area contributed by atoms with Crippen molar-refractivity contribution in [3.63, 3.8) is 0 Å². The van der Waals surface area contributed by atoms with Crippen LogP contribution in [0.2, 0.25) is 0 Å². The molecule has 2 saturated heterocycles. The third-order valence-electron chi connectivity index (χ3n) is 5.11. The van der Waals surface area contributed by atoms with Gasteiger partial charge in [-0.2, -0.15) is 0 Å². The maximum absolute atomic E-state index is 12.3. The van der Waals surface area contributed by atoms with Crippen molar-refractivity contribution in [2.45, 2.75) is 37.4 Å². The van der Waals surface area contributed by atoms with E-state index in [1.807, 2.05) is 12.1 Å². The Morgan fingerprint density at radius 3 is 2.70 bits per heavy atom. The molecule has 1 aromatic heterocycles. The first-order valence-corrected chi connectivity index (χ1v) is 8.13. The first kappa shape index (κ1) is 14.5. The molecule has 2 aliphatic rings. The predicted molar refractivity (Wildman–Crippen MR) is 84.9 cm³/mol. The average Bonchev–Trinajstić information content (AvgIpc) is 3.25. The van der Waals surface area contributed by atoms with Gasteiger partial charge >= 0.3 is 5.97 Å². The van der Waals surface area contributed by atoms with E-state index in [0.29, 0.717) is 0 Å². The molecule has 1 aromatic carbocycles. The molecule has 3 heterocycles. The van der Waals surface area contributed by atoms with Crippen LogP contribution < -0.4 is 0 Å². The number of rotatable bonds is 3. The number of hydrogen-bond donors (Lipinski definition) is 0. The van der Waals surface area contributed by atoms with Crippen molar-refractivity contribution in [2.75, 3.05) is 7.11 Å². The number of ether oxygens (including phenoxy) is 2. The molecular weight excluding hydrogens is 292 g/mol. The van der Waals surface area contributed by atoms with Gasteiger partial charge in [0, 0.05) is 11.5 Å². The minimum Gasteiger partial charge on any atom is -0.469 e. The summed E-state index contributed by atoms with van der Waals surface area (Å²) in [5.74, 6) is 0.663. The number of benzene rings is 1. The van der Waals surface area contributed by atoms with E-state index in [0.717, 1.165) is 30.6 Å². The number of hydrogen-bond acceptors (Lipinski definition) is 4. The molecule has 2 aliphatic heterocycles. The smallest absolute Gasteiger partial charge is 0.311 e. The van der Waals surface area contributed by atoms with Gasteiger partial charge in [0.05, 0.1) is 31.5 Å². The van der Waals surface area contributed by atoms with Gasteiger partial charge in [-0.15, -0.1) is 0 Å². The first-order chi connectivity index (χ1) is 11.3. The van der Waals surface area contributed by atoms with Crippen molar-refractivity contribution >= 4 is 5.97 Å². The van der Waals surface area contributed by atoms with Crippen molar-refractivity contribution in [1.29, 1.82) is 0 Å². The number of carbonyl (C=O) groups excluding carboxylic acids is 1. The molecule has 4 nitrogen and oxygen atoms in total. The van der Waals surface area contributed by atoms with E-state index in [1.165, 1.54) is 12.7 Å². The summed E-state index contributed by atoms with van der Waals surface area (Å²) in [6, 6.07) is 12.1. The van der Waals surface area contributed by atoms with Gasteiger partial charge in [-0.25, -0.2) is 0 Å². The summed E-state index contributed by atoms with van der Waals surface area (Å²) in [6.45, 7) is 0. The Morgan fingerprint density at radius 1 is 1.17 bits per heavy atom. The van der Waals surface area contributed by atoms with E-state index in [2.05, 4.69) is 24.3 Å². The molecule has 0 spiro atoms. The molecule has 0 aliphatic carbocycles. The second-order valence-corrected chi connectivity index (χ2v) is 6.36. The number of fused-ring (bicyclic) bond motifs is 2. The van der Waals surface area contributed by atoms with Crippen LogP contribution in [0, 0.1) is 5.92 Å². The summed E-state index contributed by atoms with van der Waals surface area (Å²) >= 11 is 0. The van der Waals surface area contributed by atoms with E-state index in [4.69, 9.17) is 13.9 Å². The van der Waals surface area contributed by atoms with Gasteiger partial charge in [0.15, 0.2) is 0 Å². The molecule has 4 rings (SSSR count). The second kappa shape index (κ2) is 5.85. The van der Waals surface area contributed by atoms with Crippen molar-refractivity contribution < 1.29 is 18.7 Å². The predicted octanol–water partition coefficient (Wildman–Crippen LogP) is 3.77. The fourth-order valence-corrected chi connectivity index (χ4v) is 3.99. The van der Waals surface area contributed by atoms with Crippen LogP contribution in [-0.4, -0.2) is 25.3 Å². The largest absolute Gasteiger partial charge is 0.469 e. The molecule has 2 bridgehead atoms. The average molecular weight is 312 g/mol. The Labute approximate surface area is 135 Å². The molecule has 0 radical (unpaired) electrons. The molecule has 2 aromatic rings. The molecule has 0 saturated carbocycles. The highest BCUT2D eigenvalue weighted by Crippen LogP contribution is 2.45. The fourth-order valence-electron chi connectivity index (χ4n) is 3.99. The Hall–Kier alpha value is -2.07. The van der Waals surface area contributed by atoms with Gasteiger partial charge in [-0.1, -0.05) is 24.3 Å². The lowest BCUT2D eigenvalue weighted by atomic mass is 9.79. The van der Waals surface area contributed by atoms with E-state index in [-0.39, 0.29) is 30.0 Å². The van der Waals surface area contributed by atoms with Crippen molar-refractivity contribution in [1.82, 2.24) is 0 Å². The number of methoxy groups -OCH3 is 1.